The summed E-state index contributed by atoms with van der Waals surface area (Å²) in [6.45, 7) is 4.65. The second-order valence-electron chi connectivity index (χ2n) is 5.57. The zero-order valence-electron chi connectivity index (χ0n) is 13.5. The number of nitrogens with zero attached hydrogens (tertiary/aromatic N) is 3. The highest BCUT2D eigenvalue weighted by Gasteiger charge is 2.08. The Morgan fingerprint density at radius 2 is 1.88 bits per heavy atom. The molecule has 3 rings (SSSR count). The van der Waals surface area contributed by atoms with Gasteiger partial charge in [-0.1, -0.05) is 48.0 Å². The molecular weight excluding hydrogens is 322 g/mol. The van der Waals surface area contributed by atoms with Crippen LogP contribution in [0.15, 0.2) is 48.7 Å². The summed E-state index contributed by atoms with van der Waals surface area (Å²) in [5, 5.41) is 15.0. The third kappa shape index (κ3) is 4.00. The van der Waals surface area contributed by atoms with Gasteiger partial charge < -0.3 is 10.6 Å². The van der Waals surface area contributed by atoms with E-state index in [1.54, 1.807) is 6.20 Å². The Labute approximate surface area is 146 Å². The van der Waals surface area contributed by atoms with Crippen LogP contribution in [0.2, 0.25) is 5.02 Å². The average Bonchev–Trinajstić information content (AvgIpc) is 2.58. The number of rotatable bonds is 5. The molecule has 6 heteroatoms. The molecule has 0 atom stereocenters. The summed E-state index contributed by atoms with van der Waals surface area (Å²) in [4.78, 5) is 4.43. The minimum Gasteiger partial charge on any atom is -0.349 e. The maximum absolute atomic E-state index is 6.32. The van der Waals surface area contributed by atoms with Gasteiger partial charge in [0.05, 0.1) is 16.9 Å². The number of aryl methyl sites for hydroxylation is 2. The van der Waals surface area contributed by atoms with Crippen LogP contribution in [-0.4, -0.2) is 15.2 Å². The van der Waals surface area contributed by atoms with Gasteiger partial charge in [-0.05, 0) is 36.6 Å². The summed E-state index contributed by atoms with van der Waals surface area (Å²) < 4.78 is 0. The standard InChI is InChI=1S/C18H18ClN5/c1-12-8-13(2)17(15(19)9-12)22-16-11-21-24-18(23-16)20-10-14-6-4-3-5-7-14/h3-9,11H,10H2,1-2H3,(H2,20,22,23,24). The molecule has 0 spiro atoms. The van der Waals surface area contributed by atoms with Gasteiger partial charge in [-0.2, -0.15) is 10.1 Å². The third-order valence-electron chi connectivity index (χ3n) is 3.54. The van der Waals surface area contributed by atoms with Crippen LogP contribution in [0.25, 0.3) is 0 Å². The van der Waals surface area contributed by atoms with Crippen molar-refractivity contribution in [3.63, 3.8) is 0 Å². The van der Waals surface area contributed by atoms with E-state index in [1.807, 2.05) is 50.2 Å². The van der Waals surface area contributed by atoms with Gasteiger partial charge in [0, 0.05) is 6.54 Å². The Bertz CT molecular complexity index is 813. The molecule has 2 aromatic carbocycles. The molecule has 1 aromatic heterocycles. The van der Waals surface area contributed by atoms with Gasteiger partial charge in [0.15, 0.2) is 5.82 Å². The number of anilines is 3. The molecule has 1 heterocycles. The first-order valence-corrected chi connectivity index (χ1v) is 8.01. The first kappa shape index (κ1) is 16.2. The number of halogens is 1. The fourth-order valence-corrected chi connectivity index (χ4v) is 2.79. The van der Waals surface area contributed by atoms with E-state index in [0.29, 0.717) is 23.3 Å². The summed E-state index contributed by atoms with van der Waals surface area (Å²) >= 11 is 6.32. The predicted octanol–water partition coefficient (Wildman–Crippen LogP) is 4.50. The normalized spacial score (nSPS) is 10.5. The molecule has 0 aliphatic rings. The van der Waals surface area contributed by atoms with Gasteiger partial charge in [-0.3, -0.25) is 0 Å². The van der Waals surface area contributed by atoms with Crippen molar-refractivity contribution in [3.05, 3.63) is 70.4 Å². The lowest BCUT2D eigenvalue weighted by molar-refractivity contribution is 0.948. The molecule has 0 radical (unpaired) electrons. The van der Waals surface area contributed by atoms with Gasteiger partial charge in [0.25, 0.3) is 0 Å². The van der Waals surface area contributed by atoms with Gasteiger partial charge in [-0.15, -0.1) is 5.10 Å². The molecule has 122 valence electrons. The fourth-order valence-electron chi connectivity index (χ4n) is 2.42. The lowest BCUT2D eigenvalue weighted by atomic mass is 10.1. The predicted molar refractivity (Wildman–Crippen MR) is 97.8 cm³/mol. The van der Waals surface area contributed by atoms with Crippen LogP contribution in [0, 0.1) is 13.8 Å². The smallest absolute Gasteiger partial charge is 0.244 e. The van der Waals surface area contributed by atoms with Crippen molar-refractivity contribution in [3.8, 4) is 0 Å². The summed E-state index contributed by atoms with van der Waals surface area (Å²) in [5.74, 6) is 1.05. The number of benzene rings is 2. The van der Waals surface area contributed by atoms with Crippen LogP contribution in [0.4, 0.5) is 17.5 Å². The first-order valence-electron chi connectivity index (χ1n) is 7.63. The zero-order chi connectivity index (χ0) is 16.9. The van der Waals surface area contributed by atoms with Crippen LogP contribution < -0.4 is 10.6 Å². The van der Waals surface area contributed by atoms with Crippen molar-refractivity contribution in [2.75, 3.05) is 10.6 Å². The second-order valence-corrected chi connectivity index (χ2v) is 5.98. The third-order valence-corrected chi connectivity index (χ3v) is 3.84. The van der Waals surface area contributed by atoms with Crippen molar-refractivity contribution < 1.29 is 0 Å². The summed E-state index contributed by atoms with van der Waals surface area (Å²) in [6.07, 6.45) is 1.57. The quantitative estimate of drug-likeness (QED) is 0.716. The number of nitrogens with one attached hydrogen (secondary N) is 2. The number of hydrogen-bond acceptors (Lipinski definition) is 5. The van der Waals surface area contributed by atoms with Gasteiger partial charge in [0.2, 0.25) is 5.95 Å². The van der Waals surface area contributed by atoms with Crippen LogP contribution in [0.5, 0.6) is 0 Å². The van der Waals surface area contributed by atoms with Crippen molar-refractivity contribution in [2.24, 2.45) is 0 Å². The van der Waals surface area contributed by atoms with Crippen molar-refractivity contribution in [2.45, 2.75) is 20.4 Å². The Morgan fingerprint density at radius 3 is 2.62 bits per heavy atom. The molecule has 2 N–H and O–H groups in total. The van der Waals surface area contributed by atoms with Crippen LogP contribution in [0.1, 0.15) is 16.7 Å². The monoisotopic (exact) mass is 339 g/mol. The number of aromatic nitrogens is 3. The summed E-state index contributed by atoms with van der Waals surface area (Å²) in [7, 11) is 0. The van der Waals surface area contributed by atoms with E-state index in [0.717, 1.165) is 22.4 Å². The lowest BCUT2D eigenvalue weighted by Crippen LogP contribution is -2.06. The minimum absolute atomic E-state index is 0.463. The minimum atomic E-state index is 0.463. The zero-order valence-corrected chi connectivity index (χ0v) is 14.3. The molecule has 0 aliphatic carbocycles. The van der Waals surface area contributed by atoms with Crippen molar-refractivity contribution in [1.29, 1.82) is 0 Å². The molecule has 5 nitrogen and oxygen atoms in total. The molecule has 0 aliphatic heterocycles. The SMILES string of the molecule is Cc1cc(C)c(Nc2cnnc(NCc3ccccc3)n2)c(Cl)c1. The van der Waals surface area contributed by atoms with E-state index < -0.39 is 0 Å². The van der Waals surface area contributed by atoms with Crippen molar-refractivity contribution in [1.82, 2.24) is 15.2 Å². The molecule has 0 unspecified atom stereocenters. The van der Waals surface area contributed by atoms with Gasteiger partial charge in [0.1, 0.15) is 0 Å². The maximum atomic E-state index is 6.32. The highest BCUT2D eigenvalue weighted by Crippen LogP contribution is 2.29. The van der Waals surface area contributed by atoms with Crippen LogP contribution >= 0.6 is 11.6 Å². The topological polar surface area (TPSA) is 62.7 Å². The Balaban J connectivity index is 1.74. The molecule has 0 bridgehead atoms. The second kappa shape index (κ2) is 7.27. The molecule has 0 fully saturated rings. The molecule has 0 saturated carbocycles. The van der Waals surface area contributed by atoms with E-state index in [1.165, 1.54) is 0 Å². The Morgan fingerprint density at radius 1 is 1.08 bits per heavy atom. The fraction of sp³-hybridized carbons (Fsp3) is 0.167. The Hall–Kier alpha value is -2.66. The van der Waals surface area contributed by atoms with E-state index in [4.69, 9.17) is 11.6 Å². The molecule has 3 aromatic rings. The molecule has 0 amide bonds. The average molecular weight is 340 g/mol. The highest BCUT2D eigenvalue weighted by atomic mass is 35.5. The Kier molecular flexibility index (Phi) is 4.91. The summed E-state index contributed by atoms with van der Waals surface area (Å²) in [6, 6.07) is 14.0. The van der Waals surface area contributed by atoms with E-state index in [9.17, 15) is 0 Å². The van der Waals surface area contributed by atoms with Gasteiger partial charge >= 0.3 is 0 Å². The first-order chi connectivity index (χ1) is 11.6. The van der Waals surface area contributed by atoms with Crippen LogP contribution in [-0.2, 0) is 6.54 Å². The van der Waals surface area contributed by atoms with E-state index >= 15 is 0 Å². The van der Waals surface area contributed by atoms with Crippen LogP contribution in [0.3, 0.4) is 0 Å². The van der Waals surface area contributed by atoms with E-state index in [2.05, 4.69) is 31.9 Å². The largest absolute Gasteiger partial charge is 0.349 e. The summed E-state index contributed by atoms with van der Waals surface area (Å²) in [5.41, 5.74) is 4.15. The molecule has 0 saturated heterocycles. The highest BCUT2D eigenvalue weighted by molar-refractivity contribution is 6.33. The maximum Gasteiger partial charge on any atom is 0.244 e. The molecule has 24 heavy (non-hydrogen) atoms. The van der Waals surface area contributed by atoms with Gasteiger partial charge in [-0.25, -0.2) is 0 Å². The number of hydrogen-bond donors (Lipinski definition) is 2. The molecular formula is C18H18ClN5. The van der Waals surface area contributed by atoms with Crippen molar-refractivity contribution >= 4 is 29.1 Å². The lowest BCUT2D eigenvalue weighted by Gasteiger charge is -2.12. The van der Waals surface area contributed by atoms with E-state index in [-0.39, 0.29) is 0 Å².